The quantitative estimate of drug-likeness (QED) is 0.672. The fraction of sp³-hybridized carbons (Fsp3) is 0.250. The van der Waals surface area contributed by atoms with Crippen molar-refractivity contribution in [3.8, 4) is 0 Å². The molecular weight excluding hydrogens is 174 g/mol. The Hall–Kier alpha value is -1.62. The summed E-state index contributed by atoms with van der Waals surface area (Å²) in [6.45, 7) is 0.110. The molecular formula is C8H9NO4. The van der Waals surface area contributed by atoms with Crippen LogP contribution in [0.2, 0.25) is 0 Å². The van der Waals surface area contributed by atoms with Gasteiger partial charge >= 0.3 is 5.97 Å². The number of ether oxygens (including phenoxy) is 1. The molecule has 0 saturated heterocycles. The Labute approximate surface area is 74.3 Å². The van der Waals surface area contributed by atoms with E-state index in [1.165, 1.54) is 13.3 Å². The highest BCUT2D eigenvalue weighted by Crippen LogP contribution is 2.13. The molecule has 0 spiro atoms. The zero-order valence-corrected chi connectivity index (χ0v) is 7.03. The molecule has 0 aliphatic heterocycles. The van der Waals surface area contributed by atoms with Crippen LogP contribution >= 0.6 is 0 Å². The summed E-state index contributed by atoms with van der Waals surface area (Å²) < 4.78 is 4.78. The maximum atomic E-state index is 10.6. The van der Waals surface area contributed by atoms with Gasteiger partial charge < -0.3 is 14.8 Å². The lowest BCUT2D eigenvalue weighted by atomic mass is 10.1. The first-order valence-corrected chi connectivity index (χ1v) is 3.58. The molecule has 5 nitrogen and oxygen atoms in total. The number of hydrogen-bond acceptors (Lipinski definition) is 3. The molecule has 0 atom stereocenters. The van der Waals surface area contributed by atoms with Crippen molar-refractivity contribution in [2.24, 2.45) is 0 Å². The number of methoxy groups -OCH3 is 1. The lowest BCUT2D eigenvalue weighted by molar-refractivity contribution is 0.0692. The van der Waals surface area contributed by atoms with Gasteiger partial charge in [-0.25, -0.2) is 4.79 Å². The molecule has 1 aromatic heterocycles. The zero-order valence-electron chi connectivity index (χ0n) is 7.03. The second kappa shape index (κ2) is 3.86. The number of H-pyrrole nitrogens is 1. The average molecular weight is 183 g/mol. The van der Waals surface area contributed by atoms with Crippen molar-refractivity contribution in [2.75, 3.05) is 7.11 Å². The number of aromatic nitrogens is 1. The van der Waals surface area contributed by atoms with E-state index in [9.17, 15) is 9.59 Å². The summed E-state index contributed by atoms with van der Waals surface area (Å²) in [6.07, 6.45) is 1.85. The Morgan fingerprint density at radius 3 is 2.92 bits per heavy atom. The maximum absolute atomic E-state index is 10.6. The second-order valence-electron chi connectivity index (χ2n) is 2.45. The molecule has 0 unspecified atom stereocenters. The lowest BCUT2D eigenvalue weighted by Gasteiger charge is -1.98. The third kappa shape index (κ3) is 1.75. The number of hydrogen-bond donors (Lipinski definition) is 2. The third-order valence-corrected chi connectivity index (χ3v) is 1.66. The Morgan fingerprint density at radius 2 is 2.46 bits per heavy atom. The monoisotopic (exact) mass is 183 g/mol. The minimum atomic E-state index is -1.07. The van der Waals surface area contributed by atoms with Gasteiger partial charge in [0.05, 0.1) is 17.9 Å². The first-order chi connectivity index (χ1) is 6.20. The van der Waals surface area contributed by atoms with E-state index in [1.807, 2.05) is 0 Å². The van der Waals surface area contributed by atoms with E-state index in [-0.39, 0.29) is 17.9 Å². The maximum Gasteiger partial charge on any atom is 0.337 e. The molecule has 0 amide bonds. The van der Waals surface area contributed by atoms with Crippen molar-refractivity contribution in [2.45, 2.75) is 6.61 Å². The third-order valence-electron chi connectivity index (χ3n) is 1.66. The number of nitrogens with one attached hydrogen (secondary N) is 1. The Balaban J connectivity index is 3.13. The summed E-state index contributed by atoms with van der Waals surface area (Å²) in [6, 6.07) is 0. The van der Waals surface area contributed by atoms with E-state index in [0.717, 1.165) is 0 Å². The van der Waals surface area contributed by atoms with Crippen LogP contribution < -0.4 is 0 Å². The van der Waals surface area contributed by atoms with Crippen LogP contribution in [0.25, 0.3) is 0 Å². The minimum Gasteiger partial charge on any atom is -0.478 e. The molecule has 13 heavy (non-hydrogen) atoms. The van der Waals surface area contributed by atoms with E-state index in [1.54, 1.807) is 0 Å². The molecule has 70 valence electrons. The summed E-state index contributed by atoms with van der Waals surface area (Å²) in [5.74, 6) is -1.07. The summed E-state index contributed by atoms with van der Waals surface area (Å²) in [7, 11) is 1.44. The van der Waals surface area contributed by atoms with Gasteiger partial charge in [0.1, 0.15) is 0 Å². The lowest BCUT2D eigenvalue weighted by Crippen LogP contribution is -2.01. The molecule has 0 aromatic carbocycles. The Bertz CT molecular complexity index is 329. The molecule has 0 saturated carbocycles. The molecule has 0 aliphatic rings. The Kier molecular flexibility index (Phi) is 2.81. The van der Waals surface area contributed by atoms with E-state index in [2.05, 4.69) is 4.98 Å². The van der Waals surface area contributed by atoms with Crippen LogP contribution in [0.4, 0.5) is 0 Å². The summed E-state index contributed by atoms with van der Waals surface area (Å²) >= 11 is 0. The predicted molar refractivity (Wildman–Crippen MR) is 43.9 cm³/mol. The number of aldehydes is 1. The fourth-order valence-corrected chi connectivity index (χ4v) is 1.07. The van der Waals surface area contributed by atoms with Gasteiger partial charge in [0.15, 0.2) is 6.29 Å². The fourth-order valence-electron chi connectivity index (χ4n) is 1.07. The van der Waals surface area contributed by atoms with Crippen molar-refractivity contribution < 1.29 is 19.4 Å². The summed E-state index contributed by atoms with van der Waals surface area (Å²) in [4.78, 5) is 23.7. The first-order valence-electron chi connectivity index (χ1n) is 3.58. The van der Waals surface area contributed by atoms with Gasteiger partial charge in [-0.15, -0.1) is 0 Å². The SMILES string of the molecule is COCc1c(C(=O)O)c[nH]c1C=O. The minimum absolute atomic E-state index is 0.0731. The van der Waals surface area contributed by atoms with Gasteiger partial charge in [0.25, 0.3) is 0 Å². The van der Waals surface area contributed by atoms with E-state index < -0.39 is 5.97 Å². The van der Waals surface area contributed by atoms with Crippen molar-refractivity contribution in [1.29, 1.82) is 0 Å². The number of carboxylic acid groups (broad SMARTS) is 1. The molecule has 2 N–H and O–H groups in total. The number of carbonyl (C=O) groups is 2. The van der Waals surface area contributed by atoms with Crippen LogP contribution in [0.15, 0.2) is 6.20 Å². The molecule has 0 radical (unpaired) electrons. The highest BCUT2D eigenvalue weighted by atomic mass is 16.5. The van der Waals surface area contributed by atoms with E-state index >= 15 is 0 Å². The second-order valence-corrected chi connectivity index (χ2v) is 2.45. The normalized spacial score (nSPS) is 9.92. The van der Waals surface area contributed by atoms with Crippen LogP contribution in [0.3, 0.4) is 0 Å². The standard InChI is InChI=1S/C8H9NO4/c1-13-4-6-5(8(11)12)2-9-7(6)3-10/h2-3,9H,4H2,1H3,(H,11,12). The van der Waals surface area contributed by atoms with Crippen molar-refractivity contribution in [1.82, 2.24) is 4.98 Å². The van der Waals surface area contributed by atoms with Gasteiger partial charge in [-0.2, -0.15) is 0 Å². The van der Waals surface area contributed by atoms with Crippen LogP contribution in [-0.2, 0) is 11.3 Å². The van der Waals surface area contributed by atoms with E-state index in [0.29, 0.717) is 11.8 Å². The van der Waals surface area contributed by atoms with Crippen molar-refractivity contribution in [3.63, 3.8) is 0 Å². The number of rotatable bonds is 4. The van der Waals surface area contributed by atoms with Crippen LogP contribution in [0.5, 0.6) is 0 Å². The van der Waals surface area contributed by atoms with Gasteiger partial charge in [-0.05, 0) is 0 Å². The Morgan fingerprint density at radius 1 is 1.77 bits per heavy atom. The average Bonchev–Trinajstić information content (AvgIpc) is 2.48. The van der Waals surface area contributed by atoms with E-state index in [4.69, 9.17) is 9.84 Å². The highest BCUT2D eigenvalue weighted by molar-refractivity contribution is 5.92. The molecule has 1 heterocycles. The smallest absolute Gasteiger partial charge is 0.337 e. The largest absolute Gasteiger partial charge is 0.478 e. The predicted octanol–water partition coefficient (Wildman–Crippen LogP) is 0.672. The number of carbonyl (C=O) groups excluding carboxylic acids is 1. The first kappa shape index (κ1) is 9.47. The molecule has 1 aromatic rings. The van der Waals surface area contributed by atoms with Gasteiger partial charge in [-0.3, -0.25) is 4.79 Å². The molecule has 1 rings (SSSR count). The number of aromatic carboxylic acids is 1. The number of aromatic amines is 1. The van der Waals surface area contributed by atoms with Gasteiger partial charge in [0, 0.05) is 18.9 Å². The summed E-state index contributed by atoms with van der Waals surface area (Å²) in [5.41, 5.74) is 0.702. The van der Waals surface area contributed by atoms with Gasteiger partial charge in [-0.1, -0.05) is 0 Å². The number of carboxylic acids is 1. The van der Waals surface area contributed by atoms with Crippen LogP contribution in [0.1, 0.15) is 26.4 Å². The van der Waals surface area contributed by atoms with Crippen molar-refractivity contribution in [3.05, 3.63) is 23.0 Å². The van der Waals surface area contributed by atoms with Crippen LogP contribution in [-0.4, -0.2) is 29.5 Å². The van der Waals surface area contributed by atoms with Crippen molar-refractivity contribution >= 4 is 12.3 Å². The molecule has 0 fully saturated rings. The topological polar surface area (TPSA) is 79.4 Å². The molecule has 0 aliphatic carbocycles. The zero-order chi connectivity index (χ0) is 9.84. The molecule has 5 heteroatoms. The highest BCUT2D eigenvalue weighted by Gasteiger charge is 2.15. The molecule has 0 bridgehead atoms. The van der Waals surface area contributed by atoms with Gasteiger partial charge in [0.2, 0.25) is 0 Å². The van der Waals surface area contributed by atoms with Crippen LogP contribution in [0, 0.1) is 0 Å². The summed E-state index contributed by atoms with van der Waals surface area (Å²) in [5, 5.41) is 8.71.